The van der Waals surface area contributed by atoms with Crippen molar-refractivity contribution >= 4 is 0 Å². The molecule has 0 spiro atoms. The van der Waals surface area contributed by atoms with Gasteiger partial charge in [0.2, 0.25) is 0 Å². The molecular formula is C27H29F6N3O3. The molecule has 0 radical (unpaired) electrons. The third kappa shape index (κ3) is 6.06. The number of benzene rings is 2. The first kappa shape index (κ1) is 28.9. The number of aromatic nitrogens is 3. The van der Waals surface area contributed by atoms with Crippen LogP contribution in [0, 0.1) is 0 Å². The monoisotopic (exact) mass is 557 g/mol. The van der Waals surface area contributed by atoms with E-state index in [1.165, 1.54) is 17.8 Å². The fourth-order valence-corrected chi connectivity index (χ4v) is 5.50. The van der Waals surface area contributed by atoms with Crippen molar-refractivity contribution < 1.29 is 36.2 Å². The molecule has 0 unspecified atom stereocenters. The van der Waals surface area contributed by atoms with Gasteiger partial charge in [-0.25, -0.2) is 9.89 Å². The largest absolute Gasteiger partial charge is 0.416 e. The number of hydrogen-bond acceptors (Lipinski definition) is 4. The van der Waals surface area contributed by atoms with Crippen LogP contribution in [0.2, 0.25) is 0 Å². The summed E-state index contributed by atoms with van der Waals surface area (Å²) in [7, 11) is 0. The van der Waals surface area contributed by atoms with Crippen LogP contribution in [0.25, 0.3) is 0 Å². The van der Waals surface area contributed by atoms with Gasteiger partial charge in [0.1, 0.15) is 6.33 Å². The molecule has 39 heavy (non-hydrogen) atoms. The van der Waals surface area contributed by atoms with Crippen molar-refractivity contribution in [3.63, 3.8) is 0 Å². The minimum Gasteiger partial charge on any atom is -0.396 e. The van der Waals surface area contributed by atoms with E-state index in [0.29, 0.717) is 44.2 Å². The highest BCUT2D eigenvalue weighted by Gasteiger charge is 2.46. The van der Waals surface area contributed by atoms with Gasteiger partial charge in [0, 0.05) is 12.0 Å². The van der Waals surface area contributed by atoms with E-state index >= 15 is 0 Å². The summed E-state index contributed by atoms with van der Waals surface area (Å²) in [6.45, 7) is 1.31. The zero-order valence-corrected chi connectivity index (χ0v) is 21.1. The van der Waals surface area contributed by atoms with Crippen LogP contribution in [0.4, 0.5) is 26.3 Å². The molecule has 4 rings (SSSR count). The van der Waals surface area contributed by atoms with Gasteiger partial charge < -0.3 is 9.84 Å². The number of nitrogens with zero attached hydrogens (tertiary/aromatic N) is 2. The molecule has 0 aliphatic heterocycles. The van der Waals surface area contributed by atoms with Crippen molar-refractivity contribution in [2.75, 3.05) is 13.2 Å². The molecule has 1 aliphatic carbocycles. The predicted octanol–water partition coefficient (Wildman–Crippen LogP) is 5.98. The van der Waals surface area contributed by atoms with Gasteiger partial charge in [0.25, 0.3) is 0 Å². The summed E-state index contributed by atoms with van der Waals surface area (Å²) in [5, 5.41) is 16.0. The van der Waals surface area contributed by atoms with Gasteiger partial charge in [-0.1, -0.05) is 30.3 Å². The number of aliphatic hydroxyl groups is 1. The highest BCUT2D eigenvalue weighted by molar-refractivity contribution is 5.35. The summed E-state index contributed by atoms with van der Waals surface area (Å²) in [6.07, 6.45) is -7.30. The van der Waals surface area contributed by atoms with Crippen LogP contribution in [-0.4, -0.2) is 33.1 Å². The van der Waals surface area contributed by atoms with Crippen molar-refractivity contribution in [1.29, 1.82) is 0 Å². The number of halogens is 6. The van der Waals surface area contributed by atoms with Crippen LogP contribution in [0.3, 0.4) is 0 Å². The van der Waals surface area contributed by atoms with Gasteiger partial charge in [-0.2, -0.15) is 31.4 Å². The second-order valence-corrected chi connectivity index (χ2v) is 10.2. The lowest BCUT2D eigenvalue weighted by Crippen LogP contribution is -2.48. The Morgan fingerprint density at radius 1 is 1.00 bits per heavy atom. The molecule has 0 bridgehead atoms. The molecule has 1 fully saturated rings. The molecule has 6 nitrogen and oxygen atoms in total. The molecule has 1 heterocycles. The molecule has 0 amide bonds. The second-order valence-electron chi connectivity index (χ2n) is 10.2. The Labute approximate surface area is 220 Å². The zero-order chi connectivity index (χ0) is 28.5. The number of hydrogen-bond donors (Lipinski definition) is 2. The first-order chi connectivity index (χ1) is 18.3. The lowest BCUT2D eigenvalue weighted by molar-refractivity contribution is -0.143. The normalized spacial score (nSPS) is 23.1. The molecule has 2 aromatic carbocycles. The van der Waals surface area contributed by atoms with Gasteiger partial charge in [-0.05, 0) is 68.4 Å². The maximum absolute atomic E-state index is 13.4. The fourth-order valence-electron chi connectivity index (χ4n) is 5.50. The molecule has 0 saturated heterocycles. The first-order valence-corrected chi connectivity index (χ1v) is 12.5. The maximum Gasteiger partial charge on any atom is 0.416 e. The number of alkyl halides is 6. The molecule has 12 heteroatoms. The van der Waals surface area contributed by atoms with Gasteiger partial charge in [-0.3, -0.25) is 4.57 Å². The van der Waals surface area contributed by atoms with Gasteiger partial charge >= 0.3 is 18.0 Å². The zero-order valence-electron chi connectivity index (χ0n) is 21.1. The SMILES string of the molecule is C[C@@H](OCC1(c2ccccc2)CCC(CCO)(n2cn[nH]c2=O)CC1)c1cc(C(F)(F)F)cc(C(F)(F)F)c1. The molecule has 1 aromatic heterocycles. The highest BCUT2D eigenvalue weighted by Crippen LogP contribution is 2.48. The smallest absolute Gasteiger partial charge is 0.396 e. The fraction of sp³-hybridized carbons (Fsp3) is 0.481. The van der Waals surface area contributed by atoms with Crippen molar-refractivity contribution in [2.45, 2.75) is 68.4 Å². The minimum absolute atomic E-state index is 0.0330. The molecule has 212 valence electrons. The Balaban J connectivity index is 1.63. The van der Waals surface area contributed by atoms with Crippen LogP contribution in [0.5, 0.6) is 0 Å². The standard InChI is InChI=1S/C27H29F6N3O3/c1-18(19-13-21(26(28,29)30)15-22(14-19)27(31,32)33)39-16-24(20-5-3-2-4-6-20)7-9-25(10-8-24,11-12-37)36-17-34-35-23(36)38/h2-6,13-15,17-18,37H,7-12,16H2,1H3,(H,35,38)/t18-,24?,25?/m1/s1. The average Bonchev–Trinajstić information content (AvgIpc) is 3.34. The molecule has 2 N–H and O–H groups in total. The Kier molecular flexibility index (Phi) is 8.00. The first-order valence-electron chi connectivity index (χ1n) is 12.5. The third-order valence-electron chi connectivity index (χ3n) is 7.85. The third-order valence-corrected chi connectivity index (χ3v) is 7.85. The van der Waals surface area contributed by atoms with Crippen LogP contribution >= 0.6 is 0 Å². The van der Waals surface area contributed by atoms with Gasteiger partial charge in [0.15, 0.2) is 0 Å². The van der Waals surface area contributed by atoms with Crippen LogP contribution in [0.15, 0.2) is 59.7 Å². The Hall–Kier alpha value is -3.12. The van der Waals surface area contributed by atoms with Crippen LogP contribution < -0.4 is 5.69 Å². The van der Waals surface area contributed by atoms with E-state index in [1.54, 1.807) is 0 Å². The van der Waals surface area contributed by atoms with E-state index in [0.717, 1.165) is 5.56 Å². The molecular weight excluding hydrogens is 528 g/mol. The van der Waals surface area contributed by atoms with Crippen molar-refractivity contribution in [3.8, 4) is 0 Å². The van der Waals surface area contributed by atoms with E-state index in [2.05, 4.69) is 10.2 Å². The number of rotatable bonds is 8. The molecule has 1 aliphatic rings. The predicted molar refractivity (Wildman–Crippen MR) is 130 cm³/mol. The van der Waals surface area contributed by atoms with Crippen LogP contribution in [-0.2, 0) is 28.0 Å². The summed E-state index contributed by atoms with van der Waals surface area (Å²) in [5.74, 6) is 0. The number of nitrogens with one attached hydrogen (secondary N) is 1. The topological polar surface area (TPSA) is 80.1 Å². The van der Waals surface area contributed by atoms with E-state index in [-0.39, 0.29) is 24.8 Å². The highest BCUT2D eigenvalue weighted by atomic mass is 19.4. The average molecular weight is 558 g/mol. The summed E-state index contributed by atoms with van der Waals surface area (Å²) < 4.78 is 87.8. The number of H-pyrrole nitrogens is 1. The van der Waals surface area contributed by atoms with Crippen molar-refractivity contribution in [2.24, 2.45) is 0 Å². The Morgan fingerprint density at radius 3 is 2.08 bits per heavy atom. The number of ether oxygens (including phenoxy) is 1. The quantitative estimate of drug-likeness (QED) is 0.334. The Bertz CT molecular complexity index is 1280. The molecule has 1 atom stereocenters. The summed E-state index contributed by atoms with van der Waals surface area (Å²) in [5.41, 5.74) is -3.80. The van der Waals surface area contributed by atoms with E-state index < -0.39 is 46.2 Å². The number of aromatic amines is 1. The summed E-state index contributed by atoms with van der Waals surface area (Å²) in [6, 6.07) is 10.8. The van der Waals surface area contributed by atoms with Crippen LogP contribution in [0.1, 0.15) is 67.4 Å². The summed E-state index contributed by atoms with van der Waals surface area (Å²) >= 11 is 0. The van der Waals surface area contributed by atoms with Gasteiger partial charge in [-0.15, -0.1) is 0 Å². The Morgan fingerprint density at radius 2 is 1.59 bits per heavy atom. The lowest BCUT2D eigenvalue weighted by atomic mass is 9.63. The lowest BCUT2D eigenvalue weighted by Gasteiger charge is -2.47. The van der Waals surface area contributed by atoms with Crippen molar-refractivity contribution in [3.05, 3.63) is 87.6 Å². The second kappa shape index (κ2) is 10.8. The van der Waals surface area contributed by atoms with E-state index in [1.807, 2.05) is 30.3 Å². The molecule has 1 saturated carbocycles. The summed E-state index contributed by atoms with van der Waals surface area (Å²) in [4.78, 5) is 12.4. The number of aliphatic hydroxyl groups excluding tert-OH is 1. The van der Waals surface area contributed by atoms with E-state index in [9.17, 15) is 36.2 Å². The molecule has 3 aromatic rings. The van der Waals surface area contributed by atoms with Crippen molar-refractivity contribution in [1.82, 2.24) is 14.8 Å². The van der Waals surface area contributed by atoms with Gasteiger partial charge in [0.05, 0.1) is 29.4 Å². The maximum atomic E-state index is 13.4. The van der Waals surface area contributed by atoms with E-state index in [4.69, 9.17) is 4.74 Å². The minimum atomic E-state index is -4.95.